The van der Waals surface area contributed by atoms with Crippen LogP contribution in [0.2, 0.25) is 0 Å². The van der Waals surface area contributed by atoms with Crippen molar-refractivity contribution < 1.29 is 4.42 Å². The lowest BCUT2D eigenvalue weighted by atomic mass is 9.93. The van der Waals surface area contributed by atoms with Crippen LogP contribution in [0.25, 0.3) is 0 Å². The Morgan fingerprint density at radius 2 is 2.26 bits per heavy atom. The minimum absolute atomic E-state index is 0.247. The Morgan fingerprint density at radius 3 is 3.11 bits per heavy atom. The fourth-order valence-corrected chi connectivity index (χ4v) is 2.76. The molecule has 0 amide bonds. The van der Waals surface area contributed by atoms with Gasteiger partial charge in [0.25, 0.3) is 0 Å². The quantitative estimate of drug-likeness (QED) is 0.880. The molecule has 1 heterocycles. The van der Waals surface area contributed by atoms with Crippen LogP contribution in [0.5, 0.6) is 0 Å². The van der Waals surface area contributed by atoms with Crippen LogP contribution < -0.4 is 5.32 Å². The first-order valence-electron chi connectivity index (χ1n) is 6.62. The molecule has 1 aliphatic carbocycles. The normalized spacial score (nSPS) is 17.6. The molecule has 96 valence electrons. The van der Waals surface area contributed by atoms with Crippen molar-refractivity contribution in [3.05, 3.63) is 53.0 Å². The van der Waals surface area contributed by atoms with Gasteiger partial charge in [0.2, 0.25) is 0 Å². The summed E-state index contributed by atoms with van der Waals surface area (Å²) in [6.45, 7) is 1.97. The first-order valence-corrected chi connectivity index (χ1v) is 6.62. The van der Waals surface area contributed by atoms with E-state index in [1.54, 1.807) is 6.26 Å². The van der Waals surface area contributed by atoms with Crippen molar-refractivity contribution in [2.24, 2.45) is 0 Å². The number of hydrogen-bond donors (Lipinski definition) is 1. The number of fused-ring (bicyclic) bond motifs is 1. The SMILES string of the molecule is Cc1cccc(NC2CCCc3occc32)c1C#N. The van der Waals surface area contributed by atoms with Crippen LogP contribution in [-0.4, -0.2) is 0 Å². The van der Waals surface area contributed by atoms with Crippen LogP contribution in [0.4, 0.5) is 5.69 Å². The lowest BCUT2D eigenvalue weighted by Gasteiger charge is -2.24. The molecule has 0 radical (unpaired) electrons. The molecule has 1 unspecified atom stereocenters. The molecule has 2 aromatic rings. The summed E-state index contributed by atoms with van der Waals surface area (Å²) >= 11 is 0. The van der Waals surface area contributed by atoms with Crippen LogP contribution in [0.1, 0.15) is 41.3 Å². The van der Waals surface area contributed by atoms with Crippen LogP contribution >= 0.6 is 0 Å². The minimum Gasteiger partial charge on any atom is -0.469 e. The van der Waals surface area contributed by atoms with Gasteiger partial charge in [-0.05, 0) is 37.5 Å². The fourth-order valence-electron chi connectivity index (χ4n) is 2.76. The highest BCUT2D eigenvalue weighted by Gasteiger charge is 2.23. The molecule has 0 saturated heterocycles. The molecule has 1 aliphatic rings. The predicted molar refractivity (Wildman–Crippen MR) is 73.9 cm³/mol. The van der Waals surface area contributed by atoms with Gasteiger partial charge in [-0.25, -0.2) is 0 Å². The molecule has 19 heavy (non-hydrogen) atoms. The van der Waals surface area contributed by atoms with E-state index in [-0.39, 0.29) is 6.04 Å². The van der Waals surface area contributed by atoms with Crippen molar-refractivity contribution in [1.29, 1.82) is 5.26 Å². The number of anilines is 1. The first kappa shape index (κ1) is 11.9. The van der Waals surface area contributed by atoms with E-state index in [0.717, 1.165) is 41.8 Å². The van der Waals surface area contributed by atoms with E-state index in [4.69, 9.17) is 4.42 Å². The van der Waals surface area contributed by atoms with Crippen LogP contribution in [0, 0.1) is 18.3 Å². The van der Waals surface area contributed by atoms with Gasteiger partial charge in [0.15, 0.2) is 0 Å². The van der Waals surface area contributed by atoms with Gasteiger partial charge in [-0.2, -0.15) is 5.26 Å². The van der Waals surface area contributed by atoms with Crippen molar-refractivity contribution >= 4 is 5.69 Å². The summed E-state index contributed by atoms with van der Waals surface area (Å²) in [5.74, 6) is 1.08. The van der Waals surface area contributed by atoms with Gasteiger partial charge in [-0.3, -0.25) is 0 Å². The third-order valence-electron chi connectivity index (χ3n) is 3.77. The summed E-state index contributed by atoms with van der Waals surface area (Å²) in [7, 11) is 0. The minimum atomic E-state index is 0.247. The molecule has 1 N–H and O–H groups in total. The van der Waals surface area contributed by atoms with E-state index in [0.29, 0.717) is 0 Å². The molecule has 3 heteroatoms. The molecule has 1 atom stereocenters. The number of aryl methyl sites for hydroxylation is 2. The molecule has 3 nitrogen and oxygen atoms in total. The average molecular weight is 252 g/mol. The number of nitriles is 1. The fraction of sp³-hybridized carbons (Fsp3) is 0.312. The van der Waals surface area contributed by atoms with E-state index in [1.165, 1.54) is 5.56 Å². The lowest BCUT2D eigenvalue weighted by molar-refractivity contribution is 0.461. The summed E-state index contributed by atoms with van der Waals surface area (Å²) in [5.41, 5.74) is 3.90. The Hall–Kier alpha value is -2.21. The largest absolute Gasteiger partial charge is 0.469 e. The molecule has 1 aromatic heterocycles. The maximum atomic E-state index is 9.28. The molecule has 0 spiro atoms. The molecule has 0 bridgehead atoms. The van der Waals surface area contributed by atoms with Gasteiger partial charge >= 0.3 is 0 Å². The predicted octanol–water partition coefficient (Wildman–Crippen LogP) is 3.95. The average Bonchev–Trinajstić information content (AvgIpc) is 2.88. The molecule has 0 fully saturated rings. The van der Waals surface area contributed by atoms with Gasteiger partial charge in [0.1, 0.15) is 11.8 Å². The van der Waals surface area contributed by atoms with Crippen LogP contribution in [0.15, 0.2) is 34.9 Å². The highest BCUT2D eigenvalue weighted by atomic mass is 16.3. The zero-order chi connectivity index (χ0) is 13.2. The van der Waals surface area contributed by atoms with E-state index in [1.807, 2.05) is 31.2 Å². The Balaban J connectivity index is 1.92. The molecular weight excluding hydrogens is 236 g/mol. The second kappa shape index (κ2) is 4.81. The highest BCUT2D eigenvalue weighted by molar-refractivity contribution is 5.61. The van der Waals surface area contributed by atoms with Crippen molar-refractivity contribution in [1.82, 2.24) is 0 Å². The third-order valence-corrected chi connectivity index (χ3v) is 3.77. The van der Waals surface area contributed by atoms with Gasteiger partial charge < -0.3 is 9.73 Å². The zero-order valence-corrected chi connectivity index (χ0v) is 10.9. The molecule has 1 aromatic carbocycles. The van der Waals surface area contributed by atoms with Gasteiger partial charge in [0.05, 0.1) is 23.6 Å². The topological polar surface area (TPSA) is 49.0 Å². The highest BCUT2D eigenvalue weighted by Crippen LogP contribution is 2.34. The third kappa shape index (κ3) is 2.10. The first-order chi connectivity index (χ1) is 9.29. The summed E-state index contributed by atoms with van der Waals surface area (Å²) in [4.78, 5) is 0. The van der Waals surface area contributed by atoms with Crippen LogP contribution in [0.3, 0.4) is 0 Å². The summed E-state index contributed by atoms with van der Waals surface area (Å²) < 4.78 is 5.50. The Bertz CT molecular complexity index is 636. The van der Waals surface area contributed by atoms with Crippen LogP contribution in [-0.2, 0) is 6.42 Å². The Labute approximate surface area is 112 Å². The monoisotopic (exact) mass is 252 g/mol. The molecule has 0 aliphatic heterocycles. The Kier molecular flexibility index (Phi) is 3.00. The smallest absolute Gasteiger partial charge is 0.109 e. The standard InChI is InChI=1S/C16H16N2O/c1-11-4-2-5-15(13(11)10-17)18-14-6-3-7-16-12(14)8-9-19-16/h2,4-5,8-9,14,18H,3,6-7H2,1H3. The summed E-state index contributed by atoms with van der Waals surface area (Å²) in [6.07, 6.45) is 4.96. The maximum absolute atomic E-state index is 9.28. The Morgan fingerprint density at radius 1 is 1.37 bits per heavy atom. The lowest BCUT2D eigenvalue weighted by Crippen LogP contribution is -2.16. The second-order valence-electron chi connectivity index (χ2n) is 5.00. The number of furan rings is 1. The molecule has 0 saturated carbocycles. The zero-order valence-electron chi connectivity index (χ0n) is 10.9. The van der Waals surface area contributed by atoms with Crippen molar-refractivity contribution in [3.63, 3.8) is 0 Å². The van der Waals surface area contributed by atoms with E-state index in [9.17, 15) is 5.26 Å². The van der Waals surface area contributed by atoms with Crippen molar-refractivity contribution in [3.8, 4) is 6.07 Å². The van der Waals surface area contributed by atoms with Crippen molar-refractivity contribution in [2.45, 2.75) is 32.2 Å². The van der Waals surface area contributed by atoms with E-state index >= 15 is 0 Å². The van der Waals surface area contributed by atoms with Gasteiger partial charge in [0, 0.05) is 12.0 Å². The van der Waals surface area contributed by atoms with Gasteiger partial charge in [-0.15, -0.1) is 0 Å². The number of hydrogen-bond acceptors (Lipinski definition) is 3. The molecule has 3 rings (SSSR count). The number of nitrogens with one attached hydrogen (secondary N) is 1. The number of benzene rings is 1. The molecular formula is C16H16N2O. The number of rotatable bonds is 2. The van der Waals surface area contributed by atoms with E-state index in [2.05, 4.69) is 11.4 Å². The second-order valence-corrected chi connectivity index (χ2v) is 5.00. The summed E-state index contributed by atoms with van der Waals surface area (Å²) in [6, 6.07) is 10.5. The maximum Gasteiger partial charge on any atom is 0.109 e. The van der Waals surface area contributed by atoms with Crippen molar-refractivity contribution in [2.75, 3.05) is 5.32 Å². The summed E-state index contributed by atoms with van der Waals surface area (Å²) in [5, 5.41) is 12.8. The van der Waals surface area contributed by atoms with Gasteiger partial charge in [-0.1, -0.05) is 12.1 Å². The van der Waals surface area contributed by atoms with E-state index < -0.39 is 0 Å². The number of nitrogens with zero attached hydrogens (tertiary/aromatic N) is 1.